The second-order valence-electron chi connectivity index (χ2n) is 3.11. The lowest BCUT2D eigenvalue weighted by Gasteiger charge is -2.06. The maximum Gasteiger partial charge on any atom is 0.329 e. The SMILES string of the molecule is O=C(O)/C=C/S(=O)(=O)CC1CCCO1. The highest BCUT2D eigenvalue weighted by atomic mass is 32.2. The number of hydrogen-bond acceptors (Lipinski definition) is 4. The third-order valence-corrected chi connectivity index (χ3v) is 3.25. The predicted octanol–water partition coefficient (Wildman–Crippen LogP) is 0.178. The first-order valence-corrected chi connectivity index (χ1v) is 5.96. The molecule has 0 saturated carbocycles. The van der Waals surface area contributed by atoms with Gasteiger partial charge in [0, 0.05) is 18.1 Å². The van der Waals surface area contributed by atoms with Crippen LogP contribution in [0.3, 0.4) is 0 Å². The van der Waals surface area contributed by atoms with Crippen LogP contribution >= 0.6 is 0 Å². The molecule has 0 aromatic carbocycles. The molecule has 0 aromatic rings. The largest absolute Gasteiger partial charge is 0.478 e. The van der Waals surface area contributed by atoms with Gasteiger partial charge in [0.25, 0.3) is 0 Å². The number of hydrogen-bond donors (Lipinski definition) is 1. The van der Waals surface area contributed by atoms with E-state index in [1.54, 1.807) is 0 Å². The van der Waals surface area contributed by atoms with Crippen molar-refractivity contribution in [3.8, 4) is 0 Å². The molecule has 6 heteroatoms. The summed E-state index contributed by atoms with van der Waals surface area (Å²) in [5, 5.41) is 8.97. The Balaban J connectivity index is 2.53. The summed E-state index contributed by atoms with van der Waals surface area (Å²) in [7, 11) is -3.45. The number of aliphatic carboxylic acids is 1. The number of carboxylic acid groups (broad SMARTS) is 1. The van der Waals surface area contributed by atoms with Crippen molar-refractivity contribution in [1.82, 2.24) is 0 Å². The standard InChI is InChI=1S/C8H12O5S/c9-8(10)3-5-14(11,12)6-7-2-1-4-13-7/h3,5,7H,1-2,4,6H2,(H,9,10)/b5-3+. The Morgan fingerprint density at radius 3 is 2.79 bits per heavy atom. The Kier molecular flexibility index (Phi) is 3.65. The Labute approximate surface area is 82.3 Å². The van der Waals surface area contributed by atoms with Crippen molar-refractivity contribution >= 4 is 15.8 Å². The molecule has 1 unspecified atom stereocenters. The maximum absolute atomic E-state index is 11.3. The van der Waals surface area contributed by atoms with Crippen molar-refractivity contribution in [2.45, 2.75) is 18.9 Å². The van der Waals surface area contributed by atoms with Crippen LogP contribution in [0.4, 0.5) is 0 Å². The van der Waals surface area contributed by atoms with Gasteiger partial charge in [-0.05, 0) is 12.8 Å². The minimum absolute atomic E-state index is 0.128. The average Bonchev–Trinajstić information content (AvgIpc) is 2.53. The highest BCUT2D eigenvalue weighted by Gasteiger charge is 2.21. The van der Waals surface area contributed by atoms with E-state index in [0.29, 0.717) is 12.7 Å². The molecule has 0 spiro atoms. The Morgan fingerprint density at radius 2 is 2.29 bits per heavy atom. The Morgan fingerprint density at radius 1 is 1.57 bits per heavy atom. The smallest absolute Gasteiger partial charge is 0.329 e. The molecule has 1 aliphatic heterocycles. The van der Waals surface area contributed by atoms with E-state index in [1.165, 1.54) is 0 Å². The highest BCUT2D eigenvalue weighted by molar-refractivity contribution is 7.94. The third-order valence-electron chi connectivity index (χ3n) is 1.86. The molecule has 0 aromatic heterocycles. The lowest BCUT2D eigenvalue weighted by molar-refractivity contribution is -0.131. The predicted molar refractivity (Wildman–Crippen MR) is 49.5 cm³/mol. The summed E-state index contributed by atoms with van der Waals surface area (Å²) in [5.74, 6) is -1.39. The van der Waals surface area contributed by atoms with Crippen molar-refractivity contribution in [3.63, 3.8) is 0 Å². The fourth-order valence-corrected chi connectivity index (χ4v) is 2.47. The summed E-state index contributed by atoms with van der Waals surface area (Å²) in [6, 6.07) is 0. The molecule has 1 atom stereocenters. The molecule has 0 aliphatic carbocycles. The van der Waals surface area contributed by atoms with Crippen LogP contribution in [0.25, 0.3) is 0 Å². The summed E-state index contributed by atoms with van der Waals surface area (Å²) in [4.78, 5) is 10.1. The summed E-state index contributed by atoms with van der Waals surface area (Å²) < 4.78 is 27.7. The molecule has 80 valence electrons. The third kappa shape index (κ3) is 3.89. The van der Waals surface area contributed by atoms with Gasteiger partial charge in [0.2, 0.25) is 0 Å². The molecule has 1 saturated heterocycles. The van der Waals surface area contributed by atoms with Crippen molar-refractivity contribution in [1.29, 1.82) is 0 Å². The zero-order valence-electron chi connectivity index (χ0n) is 7.55. The van der Waals surface area contributed by atoms with Gasteiger partial charge < -0.3 is 9.84 Å². The van der Waals surface area contributed by atoms with Gasteiger partial charge in [-0.25, -0.2) is 13.2 Å². The summed E-state index contributed by atoms with van der Waals surface area (Å²) in [5.41, 5.74) is 0. The Bertz CT molecular complexity index is 324. The second-order valence-corrected chi connectivity index (χ2v) is 5.04. The minimum Gasteiger partial charge on any atom is -0.478 e. The molecule has 5 nitrogen and oxygen atoms in total. The second kappa shape index (κ2) is 4.56. The molecule has 14 heavy (non-hydrogen) atoms. The number of rotatable bonds is 4. The van der Waals surface area contributed by atoms with E-state index < -0.39 is 15.8 Å². The lowest BCUT2D eigenvalue weighted by Crippen LogP contribution is -2.18. The Hall–Kier alpha value is -0.880. The normalized spacial score (nSPS) is 23.0. The highest BCUT2D eigenvalue weighted by Crippen LogP contribution is 2.14. The maximum atomic E-state index is 11.3. The van der Waals surface area contributed by atoms with Gasteiger partial charge in [-0.1, -0.05) is 0 Å². The number of carboxylic acids is 1. The van der Waals surface area contributed by atoms with E-state index in [0.717, 1.165) is 18.2 Å². The van der Waals surface area contributed by atoms with E-state index in [4.69, 9.17) is 9.84 Å². The van der Waals surface area contributed by atoms with Crippen molar-refractivity contribution in [3.05, 3.63) is 11.5 Å². The fraction of sp³-hybridized carbons (Fsp3) is 0.625. The van der Waals surface area contributed by atoms with Crippen LogP contribution in [0.2, 0.25) is 0 Å². The molecular formula is C8H12O5S. The molecular weight excluding hydrogens is 208 g/mol. The van der Waals surface area contributed by atoms with Gasteiger partial charge in [0.05, 0.1) is 11.9 Å². The summed E-state index contributed by atoms with van der Waals surface area (Å²) in [6.45, 7) is 0.586. The lowest BCUT2D eigenvalue weighted by atomic mass is 10.3. The first-order chi connectivity index (χ1) is 6.49. The molecule has 0 amide bonds. The van der Waals surface area contributed by atoms with Crippen molar-refractivity contribution < 1.29 is 23.1 Å². The van der Waals surface area contributed by atoms with Gasteiger partial charge in [-0.2, -0.15) is 0 Å². The van der Waals surface area contributed by atoms with Gasteiger partial charge in [-0.15, -0.1) is 0 Å². The quantitative estimate of drug-likeness (QED) is 0.683. The minimum atomic E-state index is -3.45. The number of ether oxygens (including phenoxy) is 1. The van der Waals surface area contributed by atoms with E-state index in [9.17, 15) is 13.2 Å². The number of carbonyl (C=O) groups is 1. The average molecular weight is 220 g/mol. The first-order valence-electron chi connectivity index (χ1n) is 4.25. The van der Waals surface area contributed by atoms with Gasteiger partial charge in [0.1, 0.15) is 0 Å². The van der Waals surface area contributed by atoms with E-state index in [-0.39, 0.29) is 11.9 Å². The van der Waals surface area contributed by atoms with Gasteiger partial charge in [0.15, 0.2) is 9.84 Å². The van der Waals surface area contributed by atoms with Crippen LogP contribution in [-0.4, -0.2) is 38.0 Å². The van der Waals surface area contributed by atoms with Crippen LogP contribution < -0.4 is 0 Å². The molecule has 1 N–H and O–H groups in total. The monoisotopic (exact) mass is 220 g/mol. The molecule has 0 bridgehead atoms. The van der Waals surface area contributed by atoms with Gasteiger partial charge >= 0.3 is 5.97 Å². The topological polar surface area (TPSA) is 80.7 Å². The van der Waals surface area contributed by atoms with E-state index in [2.05, 4.69) is 0 Å². The van der Waals surface area contributed by atoms with Crippen LogP contribution in [0, 0.1) is 0 Å². The fourth-order valence-electron chi connectivity index (χ4n) is 1.25. The van der Waals surface area contributed by atoms with Crippen LogP contribution in [-0.2, 0) is 19.4 Å². The van der Waals surface area contributed by atoms with Crippen LogP contribution in [0.15, 0.2) is 11.5 Å². The zero-order valence-corrected chi connectivity index (χ0v) is 8.37. The molecule has 1 fully saturated rings. The molecule has 0 radical (unpaired) electrons. The van der Waals surface area contributed by atoms with Gasteiger partial charge in [-0.3, -0.25) is 0 Å². The molecule has 1 heterocycles. The zero-order chi connectivity index (χ0) is 10.6. The summed E-state index contributed by atoms with van der Waals surface area (Å²) in [6.07, 6.45) is 1.94. The number of sulfone groups is 1. The summed E-state index contributed by atoms with van der Waals surface area (Å²) >= 11 is 0. The van der Waals surface area contributed by atoms with E-state index in [1.807, 2.05) is 0 Å². The molecule has 1 rings (SSSR count). The van der Waals surface area contributed by atoms with Crippen LogP contribution in [0.1, 0.15) is 12.8 Å². The van der Waals surface area contributed by atoms with Crippen LogP contribution in [0.5, 0.6) is 0 Å². The van der Waals surface area contributed by atoms with Crippen molar-refractivity contribution in [2.24, 2.45) is 0 Å². The molecule has 1 aliphatic rings. The van der Waals surface area contributed by atoms with Crippen molar-refractivity contribution in [2.75, 3.05) is 12.4 Å². The van der Waals surface area contributed by atoms with E-state index >= 15 is 0 Å². The first kappa shape index (κ1) is 11.2.